The lowest BCUT2D eigenvalue weighted by Crippen LogP contribution is -2.42. The molecule has 0 radical (unpaired) electrons. The van der Waals surface area contributed by atoms with Crippen molar-refractivity contribution in [2.45, 2.75) is 19.8 Å². The highest BCUT2D eigenvalue weighted by Crippen LogP contribution is 2.08. The second kappa shape index (κ2) is 10.4. The van der Waals surface area contributed by atoms with E-state index in [2.05, 4.69) is 22.2 Å². The first-order valence-corrected chi connectivity index (χ1v) is 8.06. The normalized spacial score (nSPS) is 11.1. The molecule has 2 N–H and O–H groups in total. The third-order valence-electron chi connectivity index (χ3n) is 3.60. The van der Waals surface area contributed by atoms with Gasteiger partial charge in [-0.1, -0.05) is 12.1 Å². The summed E-state index contributed by atoms with van der Waals surface area (Å²) in [5.41, 5.74) is 0.848. The molecule has 6 heteroatoms. The maximum absolute atomic E-state index is 13.5. The molecular weight excluding hydrogens is 307 g/mol. The van der Waals surface area contributed by atoms with E-state index < -0.39 is 0 Å². The van der Waals surface area contributed by atoms with Crippen LogP contribution in [0.3, 0.4) is 0 Å². The number of aliphatic imine (C=N–C) groups is 1. The topological polar surface area (TPSA) is 56.7 Å². The Balaban J connectivity index is 2.36. The second-order valence-electron chi connectivity index (χ2n) is 5.55. The van der Waals surface area contributed by atoms with Gasteiger partial charge in [-0.05, 0) is 37.5 Å². The van der Waals surface area contributed by atoms with Crippen LogP contribution in [0.5, 0.6) is 0 Å². The van der Waals surface area contributed by atoms with E-state index in [4.69, 9.17) is 0 Å². The van der Waals surface area contributed by atoms with E-state index in [1.807, 2.05) is 18.0 Å². The minimum atomic E-state index is -0.373. The van der Waals surface area contributed by atoms with Crippen LogP contribution in [0.1, 0.15) is 28.8 Å². The van der Waals surface area contributed by atoms with Crippen LogP contribution >= 0.6 is 0 Å². The van der Waals surface area contributed by atoms with E-state index in [1.54, 1.807) is 26.1 Å². The fourth-order valence-corrected chi connectivity index (χ4v) is 2.15. The summed E-state index contributed by atoms with van der Waals surface area (Å²) >= 11 is 0. The number of amides is 1. The molecule has 0 atom stereocenters. The number of allylic oxidation sites excluding steroid dienone is 1. The van der Waals surface area contributed by atoms with Gasteiger partial charge >= 0.3 is 0 Å². The molecule has 0 saturated carbocycles. The third kappa shape index (κ3) is 6.40. The van der Waals surface area contributed by atoms with Gasteiger partial charge in [0, 0.05) is 39.3 Å². The molecule has 0 aliphatic rings. The molecule has 0 fully saturated rings. The van der Waals surface area contributed by atoms with Crippen molar-refractivity contribution in [1.29, 1.82) is 0 Å². The molecule has 0 aliphatic heterocycles. The van der Waals surface area contributed by atoms with Crippen molar-refractivity contribution in [3.8, 4) is 0 Å². The average molecular weight is 334 g/mol. The molecule has 1 aromatic carbocycles. The van der Waals surface area contributed by atoms with Crippen LogP contribution in [0.2, 0.25) is 0 Å². The Morgan fingerprint density at radius 1 is 1.38 bits per heavy atom. The number of aryl methyl sites for hydroxylation is 1. The number of carbonyl (C=O) groups is 1. The number of carbonyl (C=O) groups excluding carboxylic acids is 1. The number of rotatable bonds is 8. The zero-order chi connectivity index (χ0) is 17.9. The SMILES string of the molecule is C=CCCCN(C)C(=NC)NCCNC(=O)c1ccc(C)c(F)c1. The highest BCUT2D eigenvalue weighted by Gasteiger charge is 2.08. The van der Waals surface area contributed by atoms with Crippen molar-refractivity contribution in [3.05, 3.63) is 47.8 Å². The predicted molar refractivity (Wildman–Crippen MR) is 96.9 cm³/mol. The largest absolute Gasteiger partial charge is 0.354 e. The van der Waals surface area contributed by atoms with E-state index in [9.17, 15) is 9.18 Å². The number of unbranched alkanes of at least 4 members (excludes halogenated alkanes) is 1. The molecule has 5 nitrogen and oxygen atoms in total. The molecule has 24 heavy (non-hydrogen) atoms. The van der Waals surface area contributed by atoms with Crippen molar-refractivity contribution in [2.75, 3.05) is 33.7 Å². The Hall–Kier alpha value is -2.37. The van der Waals surface area contributed by atoms with Gasteiger partial charge in [0.1, 0.15) is 5.82 Å². The second-order valence-corrected chi connectivity index (χ2v) is 5.55. The number of benzene rings is 1. The molecule has 132 valence electrons. The van der Waals surface area contributed by atoms with Gasteiger partial charge in [-0.25, -0.2) is 4.39 Å². The number of halogens is 1. The third-order valence-corrected chi connectivity index (χ3v) is 3.60. The monoisotopic (exact) mass is 334 g/mol. The number of nitrogens with zero attached hydrogens (tertiary/aromatic N) is 2. The van der Waals surface area contributed by atoms with Crippen molar-refractivity contribution >= 4 is 11.9 Å². The van der Waals surface area contributed by atoms with Crippen LogP contribution in [0, 0.1) is 12.7 Å². The summed E-state index contributed by atoms with van der Waals surface area (Å²) in [7, 11) is 3.69. The van der Waals surface area contributed by atoms with Crippen LogP contribution in [0.4, 0.5) is 4.39 Å². The van der Waals surface area contributed by atoms with E-state index in [1.165, 1.54) is 6.07 Å². The predicted octanol–water partition coefficient (Wildman–Crippen LogP) is 2.34. The molecule has 1 rings (SSSR count). The smallest absolute Gasteiger partial charge is 0.251 e. The Bertz CT molecular complexity index is 586. The summed E-state index contributed by atoms with van der Waals surface area (Å²) in [5.74, 6) is 0.113. The van der Waals surface area contributed by atoms with E-state index in [-0.39, 0.29) is 11.7 Å². The van der Waals surface area contributed by atoms with Crippen LogP contribution in [0.15, 0.2) is 35.8 Å². The molecule has 1 aromatic rings. The minimum Gasteiger partial charge on any atom is -0.354 e. The molecule has 0 bridgehead atoms. The zero-order valence-corrected chi connectivity index (χ0v) is 14.7. The van der Waals surface area contributed by atoms with E-state index in [0.29, 0.717) is 24.2 Å². The van der Waals surface area contributed by atoms with Crippen LogP contribution in [-0.4, -0.2) is 50.5 Å². The van der Waals surface area contributed by atoms with Crippen LogP contribution in [0.25, 0.3) is 0 Å². The lowest BCUT2D eigenvalue weighted by molar-refractivity contribution is 0.0954. The van der Waals surface area contributed by atoms with Crippen LogP contribution in [-0.2, 0) is 0 Å². The molecule has 1 amide bonds. The molecule has 0 spiro atoms. The average Bonchev–Trinajstić information content (AvgIpc) is 2.57. The van der Waals surface area contributed by atoms with Crippen molar-refractivity contribution in [3.63, 3.8) is 0 Å². The Morgan fingerprint density at radius 2 is 2.08 bits per heavy atom. The fraction of sp³-hybridized carbons (Fsp3) is 0.444. The maximum Gasteiger partial charge on any atom is 0.251 e. The first kappa shape index (κ1) is 19.7. The van der Waals surface area contributed by atoms with Gasteiger partial charge in [0.2, 0.25) is 0 Å². The van der Waals surface area contributed by atoms with Gasteiger partial charge in [0.05, 0.1) is 0 Å². The minimum absolute atomic E-state index is 0.287. The number of hydrogen-bond acceptors (Lipinski definition) is 2. The Labute approximate surface area is 143 Å². The zero-order valence-electron chi connectivity index (χ0n) is 14.7. The Kier molecular flexibility index (Phi) is 8.54. The lowest BCUT2D eigenvalue weighted by atomic mass is 10.1. The van der Waals surface area contributed by atoms with Gasteiger partial charge in [0.25, 0.3) is 5.91 Å². The van der Waals surface area contributed by atoms with Gasteiger partial charge < -0.3 is 15.5 Å². The molecule has 0 unspecified atom stereocenters. The van der Waals surface area contributed by atoms with Gasteiger partial charge in [-0.3, -0.25) is 9.79 Å². The van der Waals surface area contributed by atoms with Crippen molar-refractivity contribution < 1.29 is 9.18 Å². The molecule has 0 heterocycles. The summed E-state index contributed by atoms with van der Waals surface area (Å²) in [5, 5.41) is 5.95. The standard InChI is InChI=1S/C18H27FN4O/c1-5-6-7-12-23(4)18(20-3)22-11-10-21-17(24)15-9-8-14(2)16(19)13-15/h5,8-9,13H,1,6-7,10-12H2,2-4H3,(H,20,22)(H,21,24). The first-order chi connectivity index (χ1) is 11.5. The lowest BCUT2D eigenvalue weighted by Gasteiger charge is -2.21. The number of nitrogens with one attached hydrogen (secondary N) is 2. The molecule has 0 aromatic heterocycles. The fourth-order valence-electron chi connectivity index (χ4n) is 2.15. The quantitative estimate of drug-likeness (QED) is 0.332. The molecular formula is C18H27FN4O. The Morgan fingerprint density at radius 3 is 2.71 bits per heavy atom. The summed E-state index contributed by atoms with van der Waals surface area (Å²) in [6.45, 7) is 7.21. The summed E-state index contributed by atoms with van der Waals surface area (Å²) in [4.78, 5) is 18.2. The van der Waals surface area contributed by atoms with E-state index >= 15 is 0 Å². The molecule has 0 saturated heterocycles. The van der Waals surface area contributed by atoms with Crippen molar-refractivity contribution in [2.24, 2.45) is 4.99 Å². The van der Waals surface area contributed by atoms with E-state index in [0.717, 1.165) is 25.3 Å². The first-order valence-electron chi connectivity index (χ1n) is 8.06. The summed E-state index contributed by atoms with van der Waals surface area (Å²) in [6, 6.07) is 4.47. The van der Waals surface area contributed by atoms with Crippen LogP contribution < -0.4 is 10.6 Å². The van der Waals surface area contributed by atoms with Gasteiger partial charge in [-0.2, -0.15) is 0 Å². The summed E-state index contributed by atoms with van der Waals surface area (Å²) in [6.07, 6.45) is 3.87. The van der Waals surface area contributed by atoms with Gasteiger partial charge in [0.15, 0.2) is 5.96 Å². The van der Waals surface area contributed by atoms with Gasteiger partial charge in [-0.15, -0.1) is 6.58 Å². The molecule has 0 aliphatic carbocycles. The highest BCUT2D eigenvalue weighted by atomic mass is 19.1. The number of guanidine groups is 1. The van der Waals surface area contributed by atoms with Crippen molar-refractivity contribution in [1.82, 2.24) is 15.5 Å². The highest BCUT2D eigenvalue weighted by molar-refractivity contribution is 5.94. The summed E-state index contributed by atoms with van der Waals surface area (Å²) < 4.78 is 13.5. The number of hydrogen-bond donors (Lipinski definition) is 2. The maximum atomic E-state index is 13.5.